The molecular weight excluding hydrogens is 408 g/mol. The van der Waals surface area contributed by atoms with Crippen LogP contribution in [0, 0.1) is 0 Å². The van der Waals surface area contributed by atoms with Crippen LogP contribution in [0.25, 0.3) is 18.2 Å². The minimum absolute atomic E-state index is 1.02. The molecule has 0 radical (unpaired) electrons. The maximum absolute atomic E-state index is 3.63. The normalized spacial score (nSPS) is 7.94. The van der Waals surface area contributed by atoms with Crippen molar-refractivity contribution in [1.82, 2.24) is 0 Å². The molecule has 176 valence electrons. The van der Waals surface area contributed by atoms with Gasteiger partial charge in [0.25, 0.3) is 0 Å². The maximum atomic E-state index is 3.63. The monoisotopic (exact) mass is 448 g/mol. The highest BCUT2D eigenvalue weighted by Gasteiger charge is 1.77. The first-order valence-electron chi connectivity index (χ1n) is 10.9. The smallest absolute Gasteiger partial charge is 0.0263 e. The van der Waals surface area contributed by atoms with Gasteiger partial charge in [-0.1, -0.05) is 179 Å². The zero-order valence-electron chi connectivity index (χ0n) is 21.0. The summed E-state index contributed by atoms with van der Waals surface area (Å²) >= 11 is 0. The summed E-state index contributed by atoms with van der Waals surface area (Å²) in [6, 6.07) is 30.1. The number of benzene rings is 3. The first-order chi connectivity index (χ1) is 16.3. The Morgan fingerprint density at radius 1 is 0.441 bits per heavy atom. The van der Waals surface area contributed by atoms with Crippen molar-refractivity contribution in [3.05, 3.63) is 177 Å². The Kier molecular flexibility index (Phi) is 22.1. The lowest BCUT2D eigenvalue weighted by Gasteiger charge is -1.85. The summed E-state index contributed by atoms with van der Waals surface area (Å²) in [4.78, 5) is 0. The van der Waals surface area contributed by atoms with Crippen molar-refractivity contribution in [1.29, 1.82) is 0 Å². The van der Waals surface area contributed by atoms with E-state index >= 15 is 0 Å². The van der Waals surface area contributed by atoms with Gasteiger partial charge in [-0.15, -0.1) is 0 Å². The van der Waals surface area contributed by atoms with Crippen LogP contribution in [0.4, 0.5) is 0 Å². The Hall–Kier alpha value is -4.16. The van der Waals surface area contributed by atoms with Gasteiger partial charge in [0.1, 0.15) is 0 Å². The summed E-state index contributed by atoms with van der Waals surface area (Å²) in [6.45, 7) is 28.7. The molecule has 0 heteroatoms. The second-order valence-corrected chi connectivity index (χ2v) is 6.95. The fourth-order valence-corrected chi connectivity index (χ4v) is 1.77. The molecule has 3 aromatic rings. The van der Waals surface area contributed by atoms with Crippen LogP contribution in [0.1, 0.15) is 30.5 Å². The van der Waals surface area contributed by atoms with Gasteiger partial charge >= 0.3 is 0 Å². The largest absolute Gasteiger partial charge is 0.0988 e. The van der Waals surface area contributed by atoms with E-state index in [0.717, 1.165) is 11.1 Å². The van der Waals surface area contributed by atoms with Gasteiger partial charge in [0, 0.05) is 0 Å². The van der Waals surface area contributed by atoms with E-state index in [4.69, 9.17) is 0 Å². The van der Waals surface area contributed by atoms with Crippen molar-refractivity contribution in [3.63, 3.8) is 0 Å². The van der Waals surface area contributed by atoms with E-state index in [9.17, 15) is 0 Å². The number of rotatable bonds is 5. The third kappa shape index (κ3) is 22.5. The molecule has 0 aliphatic carbocycles. The van der Waals surface area contributed by atoms with E-state index in [1.54, 1.807) is 12.2 Å². The molecular formula is C34H40. The van der Waals surface area contributed by atoms with Crippen molar-refractivity contribution in [3.8, 4) is 0 Å². The lowest BCUT2D eigenvalue weighted by molar-refractivity contribution is 1.58. The van der Waals surface area contributed by atoms with Crippen LogP contribution in [0.3, 0.4) is 0 Å². The van der Waals surface area contributed by atoms with Crippen LogP contribution in [0.15, 0.2) is 160 Å². The SMILES string of the molecule is C=CC(=C)C.C=CC(=C)C.C=Cc1ccccc1.C=Cc1ccccc1.C=Cc1ccccc1. The summed E-state index contributed by atoms with van der Waals surface area (Å²) in [5, 5.41) is 0. The molecule has 0 aliphatic rings. The summed E-state index contributed by atoms with van der Waals surface area (Å²) in [6.07, 6.45) is 8.94. The van der Waals surface area contributed by atoms with Crippen molar-refractivity contribution in [2.75, 3.05) is 0 Å². The van der Waals surface area contributed by atoms with Crippen LogP contribution >= 0.6 is 0 Å². The Bertz CT molecular complexity index is 837. The highest BCUT2D eigenvalue weighted by Crippen LogP contribution is 1.98. The van der Waals surface area contributed by atoms with E-state index in [-0.39, 0.29) is 0 Å². The number of hydrogen-bond acceptors (Lipinski definition) is 0. The van der Waals surface area contributed by atoms with Gasteiger partial charge in [-0.05, 0) is 30.5 Å². The molecule has 3 rings (SSSR count). The highest BCUT2D eigenvalue weighted by molar-refractivity contribution is 5.46. The Morgan fingerprint density at radius 2 is 0.618 bits per heavy atom. The lowest BCUT2D eigenvalue weighted by Crippen LogP contribution is -1.63. The maximum Gasteiger partial charge on any atom is -0.0263 e. The molecule has 0 spiro atoms. The average molecular weight is 449 g/mol. The predicted molar refractivity (Wildman–Crippen MR) is 160 cm³/mol. The number of hydrogen-bond donors (Lipinski definition) is 0. The molecule has 0 nitrogen and oxygen atoms in total. The van der Waals surface area contributed by atoms with Crippen LogP contribution in [0.5, 0.6) is 0 Å². The van der Waals surface area contributed by atoms with Gasteiger partial charge in [0.2, 0.25) is 0 Å². The second-order valence-electron chi connectivity index (χ2n) is 6.95. The molecule has 0 saturated heterocycles. The van der Waals surface area contributed by atoms with Crippen LogP contribution in [0.2, 0.25) is 0 Å². The Labute approximate surface area is 209 Å². The van der Waals surface area contributed by atoms with Crippen molar-refractivity contribution in [2.24, 2.45) is 0 Å². The van der Waals surface area contributed by atoms with Crippen molar-refractivity contribution < 1.29 is 0 Å². The first-order valence-corrected chi connectivity index (χ1v) is 10.9. The molecule has 0 bridgehead atoms. The van der Waals surface area contributed by atoms with Gasteiger partial charge < -0.3 is 0 Å². The van der Waals surface area contributed by atoms with Gasteiger partial charge in [-0.3, -0.25) is 0 Å². The van der Waals surface area contributed by atoms with Gasteiger partial charge in [-0.25, -0.2) is 0 Å². The van der Waals surface area contributed by atoms with Crippen molar-refractivity contribution >= 4 is 18.2 Å². The average Bonchev–Trinajstić information content (AvgIpc) is 2.91. The van der Waals surface area contributed by atoms with Gasteiger partial charge in [0.05, 0.1) is 0 Å². The van der Waals surface area contributed by atoms with Crippen LogP contribution in [-0.2, 0) is 0 Å². The van der Waals surface area contributed by atoms with E-state index < -0.39 is 0 Å². The zero-order valence-corrected chi connectivity index (χ0v) is 21.0. The molecule has 0 amide bonds. The molecule has 3 aromatic carbocycles. The van der Waals surface area contributed by atoms with E-state index in [1.165, 1.54) is 16.7 Å². The Morgan fingerprint density at radius 3 is 0.706 bits per heavy atom. The molecule has 0 saturated carbocycles. The third-order valence-corrected chi connectivity index (χ3v) is 3.80. The third-order valence-electron chi connectivity index (χ3n) is 3.80. The molecule has 0 aromatic heterocycles. The van der Waals surface area contributed by atoms with Crippen molar-refractivity contribution in [2.45, 2.75) is 13.8 Å². The first kappa shape index (κ1) is 32.0. The molecule has 0 atom stereocenters. The fourth-order valence-electron chi connectivity index (χ4n) is 1.77. The topological polar surface area (TPSA) is 0 Å². The Balaban J connectivity index is 0. The van der Waals surface area contributed by atoms with E-state index in [0.29, 0.717) is 0 Å². The van der Waals surface area contributed by atoms with Gasteiger partial charge in [-0.2, -0.15) is 0 Å². The molecule has 0 heterocycles. The minimum Gasteiger partial charge on any atom is -0.0988 e. The standard InChI is InChI=1S/3C8H8.2C5H8/c3*1-2-8-6-4-3-5-7-8;2*1-4-5(2)3/h3*2-7H,1H2;2*4H,1-2H2,3H3. The zero-order chi connectivity index (χ0) is 26.0. The summed E-state index contributed by atoms with van der Waals surface area (Å²) in [5.41, 5.74) is 5.56. The van der Waals surface area contributed by atoms with Crippen LogP contribution in [-0.4, -0.2) is 0 Å². The number of allylic oxidation sites excluding steroid dienone is 4. The summed E-state index contributed by atoms with van der Waals surface area (Å²) in [5.74, 6) is 0. The summed E-state index contributed by atoms with van der Waals surface area (Å²) in [7, 11) is 0. The lowest BCUT2D eigenvalue weighted by atomic mass is 10.2. The van der Waals surface area contributed by atoms with E-state index in [1.807, 2.05) is 123 Å². The fraction of sp³-hybridized carbons (Fsp3) is 0.0588. The predicted octanol–water partition coefficient (Wildman–Crippen LogP) is 10.5. The molecule has 34 heavy (non-hydrogen) atoms. The van der Waals surface area contributed by atoms with Crippen LogP contribution < -0.4 is 0 Å². The molecule has 0 N–H and O–H groups in total. The second kappa shape index (κ2) is 23.5. The molecule has 0 aliphatic heterocycles. The highest BCUT2D eigenvalue weighted by atomic mass is 13.8. The van der Waals surface area contributed by atoms with E-state index in [2.05, 4.69) is 46.1 Å². The quantitative estimate of drug-likeness (QED) is 0.340. The molecule has 0 fully saturated rings. The minimum atomic E-state index is 1.02. The van der Waals surface area contributed by atoms with Gasteiger partial charge in [0.15, 0.2) is 0 Å². The summed E-state index contributed by atoms with van der Waals surface area (Å²) < 4.78 is 0. The molecule has 0 unspecified atom stereocenters.